The van der Waals surface area contributed by atoms with Crippen LogP contribution < -0.4 is 5.32 Å². The lowest BCUT2D eigenvalue weighted by Gasteiger charge is -2.15. The van der Waals surface area contributed by atoms with Gasteiger partial charge in [-0.1, -0.05) is 18.2 Å². The number of aliphatic hydroxyl groups excluding tert-OH is 1. The van der Waals surface area contributed by atoms with E-state index in [1.807, 2.05) is 43.4 Å². The third-order valence-electron chi connectivity index (χ3n) is 2.55. The predicted molar refractivity (Wildman–Crippen MR) is 64.3 cm³/mol. The van der Waals surface area contributed by atoms with Crippen molar-refractivity contribution in [3.05, 3.63) is 59.9 Å². The van der Waals surface area contributed by atoms with Gasteiger partial charge in [0.25, 0.3) is 0 Å². The first kappa shape index (κ1) is 10.6. The van der Waals surface area contributed by atoms with E-state index >= 15 is 0 Å². The fraction of sp³-hybridized carbons (Fsp3) is 0.154. The molecule has 2 N–H and O–H groups in total. The van der Waals surface area contributed by atoms with Crippen molar-refractivity contribution in [3.8, 4) is 0 Å². The number of anilines is 1. The number of para-hydroxylation sites is 1. The van der Waals surface area contributed by atoms with Crippen LogP contribution >= 0.6 is 0 Å². The van der Waals surface area contributed by atoms with Crippen LogP contribution in [0.4, 0.5) is 5.69 Å². The molecule has 1 atom stereocenters. The highest BCUT2D eigenvalue weighted by atomic mass is 16.3. The van der Waals surface area contributed by atoms with Crippen LogP contribution in [0, 0.1) is 0 Å². The average Bonchev–Trinajstić information content (AvgIpc) is 2.39. The Labute approximate surface area is 94.8 Å². The Morgan fingerprint density at radius 2 is 1.81 bits per heavy atom. The number of nitrogens with zero attached hydrogens (tertiary/aromatic N) is 1. The van der Waals surface area contributed by atoms with Crippen molar-refractivity contribution in [1.82, 2.24) is 4.98 Å². The average molecular weight is 214 g/mol. The smallest absolute Gasteiger partial charge is 0.106 e. The molecule has 0 aliphatic heterocycles. The Hall–Kier alpha value is -1.87. The number of nitrogens with one attached hydrogen (secondary N) is 1. The van der Waals surface area contributed by atoms with E-state index in [-0.39, 0.29) is 0 Å². The van der Waals surface area contributed by atoms with Gasteiger partial charge in [0.1, 0.15) is 6.10 Å². The lowest BCUT2D eigenvalue weighted by Crippen LogP contribution is -2.03. The molecule has 0 fully saturated rings. The first-order valence-electron chi connectivity index (χ1n) is 5.17. The molecule has 3 nitrogen and oxygen atoms in total. The molecule has 0 aliphatic rings. The second kappa shape index (κ2) is 4.77. The van der Waals surface area contributed by atoms with E-state index < -0.39 is 6.10 Å². The molecule has 0 spiro atoms. The number of pyridine rings is 1. The van der Waals surface area contributed by atoms with Gasteiger partial charge in [0.15, 0.2) is 0 Å². The minimum absolute atomic E-state index is 0.619. The van der Waals surface area contributed by atoms with E-state index in [1.165, 1.54) is 0 Å². The van der Waals surface area contributed by atoms with Crippen LogP contribution in [-0.4, -0.2) is 17.1 Å². The van der Waals surface area contributed by atoms with Crippen molar-refractivity contribution in [2.45, 2.75) is 6.10 Å². The number of hydrogen-bond acceptors (Lipinski definition) is 3. The van der Waals surface area contributed by atoms with Gasteiger partial charge in [-0.15, -0.1) is 0 Å². The summed E-state index contributed by atoms with van der Waals surface area (Å²) in [5.41, 5.74) is 2.65. The van der Waals surface area contributed by atoms with Gasteiger partial charge in [0.05, 0.1) is 0 Å². The molecular formula is C13H14N2O. The molecule has 0 amide bonds. The van der Waals surface area contributed by atoms with Crippen LogP contribution in [0.3, 0.4) is 0 Å². The fourth-order valence-electron chi connectivity index (χ4n) is 1.69. The van der Waals surface area contributed by atoms with Crippen molar-refractivity contribution in [3.63, 3.8) is 0 Å². The Balaban J connectivity index is 2.37. The Morgan fingerprint density at radius 3 is 2.50 bits per heavy atom. The first-order chi connectivity index (χ1) is 7.83. The number of rotatable bonds is 3. The molecule has 82 valence electrons. The maximum atomic E-state index is 10.2. The van der Waals surface area contributed by atoms with Crippen LogP contribution in [0.2, 0.25) is 0 Å². The van der Waals surface area contributed by atoms with Crippen LogP contribution in [0.1, 0.15) is 17.2 Å². The highest BCUT2D eigenvalue weighted by Crippen LogP contribution is 2.27. The van der Waals surface area contributed by atoms with Crippen molar-refractivity contribution in [2.75, 3.05) is 12.4 Å². The van der Waals surface area contributed by atoms with Crippen molar-refractivity contribution >= 4 is 5.69 Å². The van der Waals surface area contributed by atoms with Crippen molar-refractivity contribution < 1.29 is 5.11 Å². The monoisotopic (exact) mass is 214 g/mol. The largest absolute Gasteiger partial charge is 0.388 e. The molecule has 2 rings (SSSR count). The summed E-state index contributed by atoms with van der Waals surface area (Å²) in [5.74, 6) is 0. The zero-order valence-corrected chi connectivity index (χ0v) is 9.09. The third-order valence-corrected chi connectivity index (χ3v) is 2.55. The van der Waals surface area contributed by atoms with E-state index in [4.69, 9.17) is 0 Å². The molecule has 1 aromatic heterocycles. The molecule has 0 radical (unpaired) electrons. The highest BCUT2D eigenvalue weighted by Gasteiger charge is 2.12. The predicted octanol–water partition coefficient (Wildman–Crippen LogP) is 2.21. The van der Waals surface area contributed by atoms with Crippen LogP contribution in [-0.2, 0) is 0 Å². The summed E-state index contributed by atoms with van der Waals surface area (Å²) in [6.45, 7) is 0. The zero-order valence-electron chi connectivity index (χ0n) is 9.09. The molecule has 3 heteroatoms. The minimum atomic E-state index is -0.619. The Bertz CT molecular complexity index is 456. The normalized spacial score (nSPS) is 12.1. The molecular weight excluding hydrogens is 200 g/mol. The maximum absolute atomic E-state index is 10.2. The van der Waals surface area contributed by atoms with E-state index in [9.17, 15) is 5.11 Å². The molecule has 0 saturated carbocycles. The van der Waals surface area contributed by atoms with Crippen molar-refractivity contribution in [2.24, 2.45) is 0 Å². The minimum Gasteiger partial charge on any atom is -0.388 e. The third kappa shape index (κ3) is 2.04. The van der Waals surface area contributed by atoms with Gasteiger partial charge >= 0.3 is 0 Å². The van der Waals surface area contributed by atoms with E-state index in [0.29, 0.717) is 0 Å². The maximum Gasteiger partial charge on any atom is 0.106 e. The van der Waals surface area contributed by atoms with Gasteiger partial charge in [-0.2, -0.15) is 0 Å². The van der Waals surface area contributed by atoms with Crippen LogP contribution in [0.15, 0.2) is 48.8 Å². The van der Waals surface area contributed by atoms with Crippen molar-refractivity contribution in [1.29, 1.82) is 0 Å². The fourth-order valence-corrected chi connectivity index (χ4v) is 1.69. The van der Waals surface area contributed by atoms with Gasteiger partial charge in [-0.05, 0) is 23.8 Å². The molecule has 16 heavy (non-hydrogen) atoms. The van der Waals surface area contributed by atoms with Crippen LogP contribution in [0.25, 0.3) is 0 Å². The second-order valence-electron chi connectivity index (χ2n) is 3.52. The Kier molecular flexibility index (Phi) is 3.17. The summed E-state index contributed by atoms with van der Waals surface area (Å²) >= 11 is 0. The SMILES string of the molecule is CNc1ccccc1C(O)c1ccncc1. The summed E-state index contributed by atoms with van der Waals surface area (Å²) in [6, 6.07) is 11.3. The lowest BCUT2D eigenvalue weighted by atomic mass is 10.0. The second-order valence-corrected chi connectivity index (χ2v) is 3.52. The number of benzene rings is 1. The quantitative estimate of drug-likeness (QED) is 0.823. The van der Waals surface area contributed by atoms with Gasteiger partial charge < -0.3 is 10.4 Å². The van der Waals surface area contributed by atoms with Gasteiger partial charge in [0.2, 0.25) is 0 Å². The molecule has 0 bridgehead atoms. The van der Waals surface area contributed by atoms with Gasteiger partial charge in [0, 0.05) is 30.7 Å². The number of aromatic nitrogens is 1. The highest BCUT2D eigenvalue weighted by molar-refractivity contribution is 5.53. The summed E-state index contributed by atoms with van der Waals surface area (Å²) in [7, 11) is 1.85. The van der Waals surface area contributed by atoms with E-state index in [1.54, 1.807) is 12.4 Å². The zero-order chi connectivity index (χ0) is 11.4. The molecule has 1 unspecified atom stereocenters. The lowest BCUT2D eigenvalue weighted by molar-refractivity contribution is 0.221. The standard InChI is InChI=1S/C13H14N2O/c1-14-12-5-3-2-4-11(12)13(16)10-6-8-15-9-7-10/h2-9,13-14,16H,1H3. The Morgan fingerprint density at radius 1 is 1.12 bits per heavy atom. The van der Waals surface area contributed by atoms with Gasteiger partial charge in [-0.25, -0.2) is 0 Å². The van der Waals surface area contributed by atoms with E-state index in [2.05, 4.69) is 10.3 Å². The first-order valence-corrected chi connectivity index (χ1v) is 5.17. The summed E-state index contributed by atoms with van der Waals surface area (Å²) in [6.07, 6.45) is 2.74. The molecule has 1 aromatic carbocycles. The molecule has 2 aromatic rings. The van der Waals surface area contributed by atoms with Crippen LogP contribution in [0.5, 0.6) is 0 Å². The van der Waals surface area contributed by atoms with Gasteiger partial charge in [-0.3, -0.25) is 4.98 Å². The van der Waals surface area contributed by atoms with E-state index in [0.717, 1.165) is 16.8 Å². The molecule has 1 heterocycles. The summed E-state index contributed by atoms with van der Waals surface area (Å²) < 4.78 is 0. The summed E-state index contributed by atoms with van der Waals surface area (Å²) in [5, 5.41) is 13.3. The number of hydrogen-bond donors (Lipinski definition) is 2. The number of aliphatic hydroxyl groups is 1. The topological polar surface area (TPSA) is 45.1 Å². The molecule has 0 saturated heterocycles. The molecule has 0 aliphatic carbocycles. The summed E-state index contributed by atoms with van der Waals surface area (Å²) in [4.78, 5) is 3.94.